The Kier molecular flexibility index (Phi) is 4.28. The molecular weight excluding hydrogens is 370 g/mol. The first kappa shape index (κ1) is 16.5. The van der Waals surface area contributed by atoms with Crippen molar-refractivity contribution in [3.05, 3.63) is 81.0 Å². The van der Waals surface area contributed by atoms with Gasteiger partial charge < -0.3 is 5.11 Å². The van der Waals surface area contributed by atoms with E-state index in [4.69, 9.17) is 11.6 Å². The second-order valence-electron chi connectivity index (χ2n) is 5.48. The highest BCUT2D eigenvalue weighted by Gasteiger charge is 2.16. The van der Waals surface area contributed by atoms with Crippen LogP contribution in [0.2, 0.25) is 5.02 Å². The van der Waals surface area contributed by atoms with Gasteiger partial charge in [0.15, 0.2) is 0 Å². The van der Waals surface area contributed by atoms with Gasteiger partial charge in [-0.15, -0.1) is 11.3 Å². The molecular formula is C19H12ClN3O2S. The predicted molar refractivity (Wildman–Crippen MR) is 106 cm³/mol. The van der Waals surface area contributed by atoms with Crippen molar-refractivity contribution in [1.82, 2.24) is 9.55 Å². The lowest BCUT2D eigenvalue weighted by Gasteiger charge is -2.13. The number of thiazole rings is 1. The SMILES string of the molecule is O=c1c2ccccc2c(C=Nc2nccs2)c(O)n1-c1cccc(Cl)c1. The number of rotatable bonds is 3. The summed E-state index contributed by atoms with van der Waals surface area (Å²) in [5, 5.41) is 14.8. The van der Waals surface area contributed by atoms with E-state index in [9.17, 15) is 9.90 Å². The Morgan fingerprint density at radius 3 is 2.69 bits per heavy atom. The van der Waals surface area contributed by atoms with Gasteiger partial charge in [-0.2, -0.15) is 0 Å². The lowest BCUT2D eigenvalue weighted by atomic mass is 10.1. The van der Waals surface area contributed by atoms with E-state index in [2.05, 4.69) is 9.98 Å². The molecule has 4 aromatic rings. The van der Waals surface area contributed by atoms with Crippen LogP contribution in [0.4, 0.5) is 5.13 Å². The minimum atomic E-state index is -0.327. The third-order valence-electron chi connectivity index (χ3n) is 3.89. The molecule has 128 valence electrons. The Labute approximate surface area is 157 Å². The molecule has 2 aromatic heterocycles. The second-order valence-corrected chi connectivity index (χ2v) is 6.79. The first-order valence-electron chi connectivity index (χ1n) is 7.71. The smallest absolute Gasteiger partial charge is 0.265 e. The molecule has 0 spiro atoms. The van der Waals surface area contributed by atoms with Gasteiger partial charge in [0.25, 0.3) is 5.56 Å². The monoisotopic (exact) mass is 381 g/mol. The van der Waals surface area contributed by atoms with E-state index in [-0.39, 0.29) is 11.4 Å². The van der Waals surface area contributed by atoms with E-state index in [1.165, 1.54) is 22.1 Å². The summed E-state index contributed by atoms with van der Waals surface area (Å²) in [6, 6.07) is 13.9. The number of nitrogens with zero attached hydrogens (tertiary/aromatic N) is 3. The zero-order chi connectivity index (χ0) is 18.1. The third-order valence-corrected chi connectivity index (χ3v) is 4.81. The van der Waals surface area contributed by atoms with Gasteiger partial charge in [-0.1, -0.05) is 35.9 Å². The lowest BCUT2D eigenvalue weighted by molar-refractivity contribution is 0.436. The maximum absolute atomic E-state index is 13.0. The van der Waals surface area contributed by atoms with Crippen LogP contribution in [0.1, 0.15) is 5.56 Å². The normalized spacial score (nSPS) is 11.4. The highest BCUT2D eigenvalue weighted by atomic mass is 35.5. The summed E-state index contributed by atoms with van der Waals surface area (Å²) in [5.41, 5.74) is 0.594. The molecule has 0 amide bonds. The molecule has 0 unspecified atom stereocenters. The van der Waals surface area contributed by atoms with Crippen LogP contribution in [-0.2, 0) is 0 Å². The summed E-state index contributed by atoms with van der Waals surface area (Å²) < 4.78 is 1.23. The molecule has 26 heavy (non-hydrogen) atoms. The van der Waals surface area contributed by atoms with E-state index in [1.54, 1.807) is 48.7 Å². The average Bonchev–Trinajstić information content (AvgIpc) is 3.15. The molecule has 0 bridgehead atoms. The second kappa shape index (κ2) is 6.74. The van der Waals surface area contributed by atoms with Crippen LogP contribution < -0.4 is 5.56 Å². The molecule has 7 heteroatoms. The molecule has 1 N–H and O–H groups in total. The predicted octanol–water partition coefficient (Wildman–Crippen LogP) is 4.56. The molecule has 0 aliphatic carbocycles. The van der Waals surface area contributed by atoms with Crippen LogP contribution in [0.5, 0.6) is 5.88 Å². The van der Waals surface area contributed by atoms with Gasteiger partial charge in [-0.25, -0.2) is 14.5 Å². The van der Waals surface area contributed by atoms with Crippen LogP contribution in [0, 0.1) is 0 Å². The van der Waals surface area contributed by atoms with Crippen LogP contribution in [0.25, 0.3) is 16.5 Å². The molecule has 0 saturated carbocycles. The number of pyridine rings is 1. The number of aromatic nitrogens is 2. The van der Waals surface area contributed by atoms with Crippen molar-refractivity contribution >= 4 is 45.1 Å². The highest BCUT2D eigenvalue weighted by molar-refractivity contribution is 7.13. The van der Waals surface area contributed by atoms with E-state index in [0.29, 0.717) is 32.2 Å². The quantitative estimate of drug-likeness (QED) is 0.529. The first-order chi connectivity index (χ1) is 12.6. The molecule has 0 atom stereocenters. The topological polar surface area (TPSA) is 67.5 Å². The Balaban J connectivity index is 2.03. The third kappa shape index (κ3) is 2.89. The van der Waals surface area contributed by atoms with Gasteiger partial charge in [0.1, 0.15) is 0 Å². The van der Waals surface area contributed by atoms with Crippen molar-refractivity contribution in [2.24, 2.45) is 4.99 Å². The summed E-state index contributed by atoms with van der Waals surface area (Å²) >= 11 is 7.44. The number of halogens is 1. The maximum Gasteiger partial charge on any atom is 0.265 e. The zero-order valence-electron chi connectivity index (χ0n) is 13.3. The van der Waals surface area contributed by atoms with Gasteiger partial charge in [-0.3, -0.25) is 4.79 Å². The Morgan fingerprint density at radius 2 is 1.96 bits per heavy atom. The van der Waals surface area contributed by atoms with E-state index in [1.807, 2.05) is 11.4 Å². The van der Waals surface area contributed by atoms with Gasteiger partial charge in [0.2, 0.25) is 11.0 Å². The first-order valence-corrected chi connectivity index (χ1v) is 8.97. The Hall–Kier alpha value is -2.96. The van der Waals surface area contributed by atoms with Crippen molar-refractivity contribution in [2.45, 2.75) is 0 Å². The summed E-state index contributed by atoms with van der Waals surface area (Å²) in [5.74, 6) is -0.198. The fourth-order valence-corrected chi connectivity index (χ4v) is 3.41. The molecule has 0 saturated heterocycles. The van der Waals surface area contributed by atoms with Gasteiger partial charge >= 0.3 is 0 Å². The number of fused-ring (bicyclic) bond motifs is 1. The largest absolute Gasteiger partial charge is 0.494 e. The number of benzene rings is 2. The van der Waals surface area contributed by atoms with E-state index < -0.39 is 0 Å². The molecule has 2 heterocycles. The summed E-state index contributed by atoms with van der Waals surface area (Å²) in [6.45, 7) is 0. The molecule has 2 aromatic carbocycles. The van der Waals surface area contributed by atoms with E-state index in [0.717, 1.165) is 0 Å². The lowest BCUT2D eigenvalue weighted by Crippen LogP contribution is -2.20. The number of hydrogen-bond acceptors (Lipinski definition) is 5. The molecule has 0 fully saturated rings. The highest BCUT2D eigenvalue weighted by Crippen LogP contribution is 2.27. The summed E-state index contributed by atoms with van der Waals surface area (Å²) in [4.78, 5) is 21.4. The maximum atomic E-state index is 13.0. The average molecular weight is 382 g/mol. The summed E-state index contributed by atoms with van der Waals surface area (Å²) in [7, 11) is 0. The van der Waals surface area contributed by atoms with Crippen molar-refractivity contribution in [3.8, 4) is 11.6 Å². The van der Waals surface area contributed by atoms with Gasteiger partial charge in [0.05, 0.1) is 11.3 Å². The number of hydrogen-bond donors (Lipinski definition) is 1. The fourth-order valence-electron chi connectivity index (χ4n) is 2.74. The van der Waals surface area contributed by atoms with Crippen LogP contribution >= 0.6 is 22.9 Å². The molecule has 0 aliphatic heterocycles. The van der Waals surface area contributed by atoms with Crippen molar-refractivity contribution in [1.29, 1.82) is 0 Å². The standard InChI is InChI=1S/C19H12ClN3O2S/c20-12-4-3-5-13(10-12)23-17(24)15-7-2-1-6-14(15)16(18(23)25)11-22-19-21-8-9-26-19/h1-11,25H. The molecule has 0 radical (unpaired) electrons. The molecule has 0 aliphatic rings. The van der Waals surface area contributed by atoms with Crippen molar-refractivity contribution in [2.75, 3.05) is 0 Å². The van der Waals surface area contributed by atoms with Crippen LogP contribution in [-0.4, -0.2) is 20.9 Å². The van der Waals surface area contributed by atoms with Crippen molar-refractivity contribution < 1.29 is 5.11 Å². The summed E-state index contributed by atoms with van der Waals surface area (Å²) in [6.07, 6.45) is 3.18. The van der Waals surface area contributed by atoms with Crippen molar-refractivity contribution in [3.63, 3.8) is 0 Å². The number of aromatic hydroxyl groups is 1. The minimum Gasteiger partial charge on any atom is -0.494 e. The zero-order valence-corrected chi connectivity index (χ0v) is 14.9. The Bertz CT molecular complexity index is 1180. The van der Waals surface area contributed by atoms with Gasteiger partial charge in [0, 0.05) is 33.6 Å². The number of aliphatic imine (C=N–C) groups is 1. The van der Waals surface area contributed by atoms with Crippen LogP contribution in [0.15, 0.2) is 69.9 Å². The minimum absolute atomic E-state index is 0.198. The fraction of sp³-hybridized carbons (Fsp3) is 0. The molecule has 4 rings (SSSR count). The van der Waals surface area contributed by atoms with Crippen LogP contribution in [0.3, 0.4) is 0 Å². The van der Waals surface area contributed by atoms with E-state index >= 15 is 0 Å². The Morgan fingerprint density at radius 1 is 1.15 bits per heavy atom. The van der Waals surface area contributed by atoms with Gasteiger partial charge in [-0.05, 0) is 24.3 Å². The molecule has 5 nitrogen and oxygen atoms in total.